The molecule has 0 aliphatic rings. The molecule has 0 bridgehead atoms. The van der Waals surface area contributed by atoms with Gasteiger partial charge < -0.3 is 16.4 Å². The molecule has 12 heavy (non-hydrogen) atoms. The van der Waals surface area contributed by atoms with Gasteiger partial charge in [0.1, 0.15) is 0 Å². The lowest BCUT2D eigenvalue weighted by Gasteiger charge is -2.08. The van der Waals surface area contributed by atoms with Crippen LogP contribution in [0.15, 0.2) is 0 Å². The second-order valence-electron chi connectivity index (χ2n) is 2.43. The minimum atomic E-state index is -0.590. The lowest BCUT2D eigenvalue weighted by atomic mass is 10.1. The Morgan fingerprint density at radius 1 is 1.33 bits per heavy atom. The molecule has 4 N–H and O–H groups in total. The van der Waals surface area contributed by atoms with Gasteiger partial charge in [0.15, 0.2) is 0 Å². The van der Waals surface area contributed by atoms with E-state index in [1.807, 2.05) is 0 Å². The first-order valence-electron chi connectivity index (χ1n) is 3.79. The lowest BCUT2D eigenvalue weighted by Crippen LogP contribution is -2.39. The van der Waals surface area contributed by atoms with Crippen molar-refractivity contribution in [2.24, 2.45) is 5.73 Å². The molecule has 0 saturated carbocycles. The molecule has 0 unspecified atom stereocenters. The quantitative estimate of drug-likeness (QED) is 0.488. The number of nitrogens with one attached hydrogen (secondary N) is 2. The van der Waals surface area contributed by atoms with E-state index in [-0.39, 0.29) is 18.2 Å². The van der Waals surface area contributed by atoms with E-state index in [0.29, 0.717) is 6.42 Å². The molecule has 0 aromatic carbocycles. The van der Waals surface area contributed by atoms with Gasteiger partial charge in [-0.15, -0.1) is 0 Å². The van der Waals surface area contributed by atoms with Gasteiger partial charge in [-0.1, -0.05) is 0 Å². The third-order valence-corrected chi connectivity index (χ3v) is 1.54. The maximum atomic E-state index is 10.8. The summed E-state index contributed by atoms with van der Waals surface area (Å²) in [5.74, 6) is -0.340. The van der Waals surface area contributed by atoms with Crippen LogP contribution in [0.4, 0.5) is 0 Å². The summed E-state index contributed by atoms with van der Waals surface area (Å²) in [5.41, 5.74) is 5.44. The predicted molar refractivity (Wildman–Crippen MR) is 45.3 cm³/mol. The third-order valence-electron chi connectivity index (χ3n) is 1.54. The summed E-state index contributed by atoms with van der Waals surface area (Å²) in [6.45, 7) is 0. The van der Waals surface area contributed by atoms with Gasteiger partial charge >= 0.3 is 0 Å². The Labute approximate surface area is 71.7 Å². The number of likely N-dealkylation sites (N-methyl/N-ethyl adjacent to an activating group) is 1. The first-order valence-corrected chi connectivity index (χ1v) is 3.79. The van der Waals surface area contributed by atoms with Crippen molar-refractivity contribution >= 4 is 11.8 Å². The molecule has 0 aromatic heterocycles. The number of carbonyl (C=O) groups excluding carboxylic acids is 2. The summed E-state index contributed by atoms with van der Waals surface area (Å²) in [7, 11) is 3.07. The molecule has 0 spiro atoms. The van der Waals surface area contributed by atoms with Crippen molar-refractivity contribution in [3.05, 3.63) is 0 Å². The van der Waals surface area contributed by atoms with Crippen LogP contribution >= 0.6 is 0 Å². The maximum absolute atomic E-state index is 10.8. The van der Waals surface area contributed by atoms with Crippen LogP contribution < -0.4 is 16.4 Å². The Kier molecular flexibility index (Phi) is 5.03. The van der Waals surface area contributed by atoms with Crippen LogP contribution in [0.5, 0.6) is 0 Å². The normalized spacial score (nSPS) is 11.9. The fourth-order valence-corrected chi connectivity index (χ4v) is 0.728. The number of amides is 2. The van der Waals surface area contributed by atoms with Crippen LogP contribution in [0.1, 0.15) is 12.8 Å². The van der Waals surface area contributed by atoms with Crippen LogP contribution in [0, 0.1) is 0 Å². The zero-order chi connectivity index (χ0) is 9.56. The summed E-state index contributed by atoms with van der Waals surface area (Å²) >= 11 is 0. The molecule has 70 valence electrons. The van der Waals surface area contributed by atoms with Crippen molar-refractivity contribution in [2.75, 3.05) is 14.1 Å². The van der Waals surface area contributed by atoms with E-state index in [9.17, 15) is 9.59 Å². The fourth-order valence-electron chi connectivity index (χ4n) is 0.728. The SMILES string of the molecule is CNC(=O)CC[C@H](N)C(=O)NC. The number of carbonyl (C=O) groups is 2. The van der Waals surface area contributed by atoms with Crippen LogP contribution in [-0.4, -0.2) is 32.0 Å². The number of hydrogen-bond acceptors (Lipinski definition) is 3. The molecule has 0 aromatic rings. The summed E-state index contributed by atoms with van der Waals surface area (Å²) in [6.07, 6.45) is 0.657. The Hall–Kier alpha value is -1.10. The van der Waals surface area contributed by atoms with Gasteiger partial charge in [-0.2, -0.15) is 0 Å². The van der Waals surface area contributed by atoms with Gasteiger partial charge in [0.25, 0.3) is 0 Å². The molecule has 2 amide bonds. The smallest absolute Gasteiger partial charge is 0.236 e. The topological polar surface area (TPSA) is 84.2 Å². The first kappa shape index (κ1) is 10.9. The average Bonchev–Trinajstić information content (AvgIpc) is 2.11. The Morgan fingerprint density at radius 3 is 2.33 bits per heavy atom. The molecular weight excluding hydrogens is 158 g/mol. The van der Waals surface area contributed by atoms with Gasteiger partial charge in [-0.25, -0.2) is 0 Å². The highest BCUT2D eigenvalue weighted by Gasteiger charge is 2.12. The van der Waals surface area contributed by atoms with E-state index < -0.39 is 6.04 Å². The van der Waals surface area contributed by atoms with E-state index in [4.69, 9.17) is 5.73 Å². The van der Waals surface area contributed by atoms with E-state index in [0.717, 1.165) is 0 Å². The van der Waals surface area contributed by atoms with Crippen molar-refractivity contribution in [2.45, 2.75) is 18.9 Å². The molecule has 0 rings (SSSR count). The molecule has 0 radical (unpaired) electrons. The number of hydrogen-bond donors (Lipinski definition) is 3. The third kappa shape index (κ3) is 3.92. The van der Waals surface area contributed by atoms with Crippen molar-refractivity contribution in [1.29, 1.82) is 0 Å². The van der Waals surface area contributed by atoms with Gasteiger partial charge in [0.05, 0.1) is 6.04 Å². The standard InChI is InChI=1S/C7H15N3O2/c1-9-6(11)4-3-5(8)7(12)10-2/h5H,3-4,8H2,1-2H3,(H,9,11)(H,10,12)/t5-/m0/s1. The summed E-state index contributed by atoms with van der Waals surface area (Å²) in [6, 6.07) is -0.590. The van der Waals surface area contributed by atoms with E-state index in [2.05, 4.69) is 10.6 Å². The van der Waals surface area contributed by atoms with E-state index in [1.165, 1.54) is 7.05 Å². The molecule has 0 heterocycles. The highest BCUT2D eigenvalue weighted by Crippen LogP contribution is 1.93. The Balaban J connectivity index is 3.63. The summed E-state index contributed by atoms with van der Waals surface area (Å²) < 4.78 is 0. The van der Waals surface area contributed by atoms with Crippen molar-refractivity contribution in [1.82, 2.24) is 10.6 Å². The van der Waals surface area contributed by atoms with Gasteiger partial charge in [0, 0.05) is 20.5 Å². The maximum Gasteiger partial charge on any atom is 0.236 e. The molecule has 0 aliphatic carbocycles. The number of rotatable bonds is 4. The molecule has 0 saturated heterocycles. The monoisotopic (exact) mass is 173 g/mol. The van der Waals surface area contributed by atoms with E-state index in [1.54, 1.807) is 7.05 Å². The molecule has 0 aliphatic heterocycles. The van der Waals surface area contributed by atoms with Crippen molar-refractivity contribution in [3.8, 4) is 0 Å². The molecule has 5 nitrogen and oxygen atoms in total. The van der Waals surface area contributed by atoms with Crippen LogP contribution in [-0.2, 0) is 9.59 Å². The first-order chi connectivity index (χ1) is 5.61. The zero-order valence-electron chi connectivity index (χ0n) is 7.39. The van der Waals surface area contributed by atoms with Gasteiger partial charge in [0.2, 0.25) is 11.8 Å². The Morgan fingerprint density at radius 2 is 1.92 bits per heavy atom. The largest absolute Gasteiger partial charge is 0.359 e. The van der Waals surface area contributed by atoms with E-state index >= 15 is 0 Å². The van der Waals surface area contributed by atoms with Crippen LogP contribution in [0.3, 0.4) is 0 Å². The fraction of sp³-hybridized carbons (Fsp3) is 0.714. The van der Waals surface area contributed by atoms with Gasteiger partial charge in [-0.3, -0.25) is 9.59 Å². The van der Waals surface area contributed by atoms with Gasteiger partial charge in [-0.05, 0) is 6.42 Å². The number of nitrogens with two attached hydrogens (primary N) is 1. The van der Waals surface area contributed by atoms with Crippen molar-refractivity contribution in [3.63, 3.8) is 0 Å². The molecule has 1 atom stereocenters. The molecular formula is C7H15N3O2. The highest BCUT2D eigenvalue weighted by atomic mass is 16.2. The second kappa shape index (κ2) is 5.54. The summed E-state index contributed by atoms with van der Waals surface area (Å²) in [5, 5.41) is 4.86. The molecule has 5 heteroatoms. The highest BCUT2D eigenvalue weighted by molar-refractivity contribution is 5.82. The van der Waals surface area contributed by atoms with Crippen LogP contribution in [0.2, 0.25) is 0 Å². The predicted octanol–water partition coefficient (Wildman–Crippen LogP) is -1.41. The lowest BCUT2D eigenvalue weighted by molar-refractivity contribution is -0.123. The van der Waals surface area contributed by atoms with Crippen molar-refractivity contribution < 1.29 is 9.59 Å². The molecule has 0 fully saturated rings. The minimum Gasteiger partial charge on any atom is -0.359 e. The van der Waals surface area contributed by atoms with Crippen LogP contribution in [0.25, 0.3) is 0 Å². The Bertz CT molecular complexity index is 170. The average molecular weight is 173 g/mol. The zero-order valence-corrected chi connectivity index (χ0v) is 7.39. The summed E-state index contributed by atoms with van der Waals surface area (Å²) in [4.78, 5) is 21.6. The second-order valence-corrected chi connectivity index (χ2v) is 2.43. The minimum absolute atomic E-state index is 0.102.